The second-order valence-corrected chi connectivity index (χ2v) is 5.65. The van der Waals surface area contributed by atoms with Crippen LogP contribution < -0.4 is 21.3 Å². The van der Waals surface area contributed by atoms with Gasteiger partial charge in [-0.1, -0.05) is 24.3 Å². The third kappa shape index (κ3) is 2.97. The van der Waals surface area contributed by atoms with E-state index in [0.717, 1.165) is 0 Å². The number of aromatic amines is 1. The van der Waals surface area contributed by atoms with E-state index in [1.165, 1.54) is 6.20 Å². The third-order valence-electron chi connectivity index (χ3n) is 3.93. The summed E-state index contributed by atoms with van der Waals surface area (Å²) in [5.41, 5.74) is 6.08. The summed E-state index contributed by atoms with van der Waals surface area (Å²) in [4.78, 5) is 33.3. The molecule has 2 aromatic heterocycles. The van der Waals surface area contributed by atoms with Crippen molar-refractivity contribution in [3.05, 3.63) is 59.0 Å². The van der Waals surface area contributed by atoms with E-state index in [9.17, 15) is 9.59 Å². The van der Waals surface area contributed by atoms with Crippen LogP contribution in [0, 0.1) is 0 Å². The van der Waals surface area contributed by atoms with Gasteiger partial charge in [0.2, 0.25) is 0 Å². The number of anilines is 2. The Morgan fingerprint density at radius 3 is 2.67 bits per heavy atom. The summed E-state index contributed by atoms with van der Waals surface area (Å²) in [5.74, 6) is 0.652. The van der Waals surface area contributed by atoms with E-state index in [4.69, 9.17) is 15.6 Å². The van der Waals surface area contributed by atoms with Crippen molar-refractivity contribution in [3.63, 3.8) is 0 Å². The lowest BCUT2D eigenvalue weighted by Gasteiger charge is -2.13. The van der Waals surface area contributed by atoms with Gasteiger partial charge in [0.05, 0.1) is 5.69 Å². The Bertz CT molecular complexity index is 1250. The zero-order valence-corrected chi connectivity index (χ0v) is 13.8. The van der Waals surface area contributed by atoms with E-state index >= 15 is 0 Å². The largest absolute Gasteiger partial charge is 0.465 e. The van der Waals surface area contributed by atoms with Crippen LogP contribution in [0.25, 0.3) is 21.9 Å². The fourth-order valence-corrected chi connectivity index (χ4v) is 2.76. The van der Waals surface area contributed by atoms with Crippen molar-refractivity contribution < 1.29 is 14.6 Å². The number of hydrogen-bond acceptors (Lipinski definition) is 6. The quantitative estimate of drug-likeness (QED) is 0.438. The molecule has 4 rings (SSSR count). The van der Waals surface area contributed by atoms with Gasteiger partial charge >= 0.3 is 6.09 Å². The molecule has 0 aliphatic rings. The van der Waals surface area contributed by atoms with Gasteiger partial charge in [0, 0.05) is 23.0 Å². The molecule has 0 spiro atoms. The standard InChI is InChI=1S/C18H13N5O4/c19-15-17(24)23-16-14(22-15)13(7-8-20-16)27-12-6-5-11(21-18(25)26)9-3-1-2-4-10(9)12/h1-8,21H,(H2,19,22)(H,25,26)(H,20,23,24). The Kier molecular flexibility index (Phi) is 3.81. The van der Waals surface area contributed by atoms with Crippen molar-refractivity contribution in [3.8, 4) is 11.5 Å². The van der Waals surface area contributed by atoms with Crippen LogP contribution in [0.5, 0.6) is 11.5 Å². The van der Waals surface area contributed by atoms with Crippen LogP contribution in [-0.4, -0.2) is 26.2 Å². The van der Waals surface area contributed by atoms with Crippen LogP contribution in [0.1, 0.15) is 0 Å². The monoisotopic (exact) mass is 363 g/mol. The van der Waals surface area contributed by atoms with Gasteiger partial charge in [-0.05, 0) is 12.1 Å². The number of nitrogens with one attached hydrogen (secondary N) is 2. The highest BCUT2D eigenvalue weighted by molar-refractivity contribution is 6.02. The summed E-state index contributed by atoms with van der Waals surface area (Å²) in [6.07, 6.45) is 0.325. The SMILES string of the molecule is Nc1nc2c(Oc3ccc(NC(=O)O)c4ccccc34)ccnc2[nH]c1=O. The first-order valence-corrected chi connectivity index (χ1v) is 7.87. The van der Waals surface area contributed by atoms with E-state index in [0.29, 0.717) is 33.5 Å². The number of hydrogen-bond donors (Lipinski definition) is 4. The minimum absolute atomic E-state index is 0.189. The molecule has 9 heteroatoms. The van der Waals surface area contributed by atoms with Crippen molar-refractivity contribution in [1.82, 2.24) is 15.0 Å². The number of aromatic nitrogens is 3. The molecule has 0 saturated heterocycles. The fraction of sp³-hybridized carbons (Fsp3) is 0. The summed E-state index contributed by atoms with van der Waals surface area (Å²) in [7, 11) is 0. The van der Waals surface area contributed by atoms with Gasteiger partial charge in [-0.15, -0.1) is 0 Å². The fourth-order valence-electron chi connectivity index (χ4n) is 2.76. The molecule has 0 radical (unpaired) electrons. The number of rotatable bonds is 3. The number of nitrogens with zero attached hydrogens (tertiary/aromatic N) is 2. The Morgan fingerprint density at radius 2 is 1.89 bits per heavy atom. The summed E-state index contributed by atoms with van der Waals surface area (Å²) in [5, 5.41) is 12.7. The molecule has 5 N–H and O–H groups in total. The van der Waals surface area contributed by atoms with Gasteiger partial charge in [0.1, 0.15) is 5.75 Å². The average Bonchev–Trinajstić information content (AvgIpc) is 2.65. The number of fused-ring (bicyclic) bond motifs is 2. The molecule has 2 aromatic carbocycles. The molecule has 0 aliphatic heterocycles. The molecule has 0 unspecified atom stereocenters. The van der Waals surface area contributed by atoms with Crippen molar-refractivity contribution >= 4 is 39.5 Å². The number of carbonyl (C=O) groups is 1. The maximum Gasteiger partial charge on any atom is 0.409 e. The molecule has 1 amide bonds. The van der Waals surface area contributed by atoms with Crippen LogP contribution in [0.4, 0.5) is 16.3 Å². The van der Waals surface area contributed by atoms with Crippen molar-refractivity contribution in [2.24, 2.45) is 0 Å². The molecule has 27 heavy (non-hydrogen) atoms. The molecular weight excluding hydrogens is 350 g/mol. The lowest BCUT2D eigenvalue weighted by atomic mass is 10.1. The molecule has 0 fully saturated rings. The van der Waals surface area contributed by atoms with Gasteiger partial charge < -0.3 is 20.6 Å². The number of ether oxygens (including phenoxy) is 1. The predicted octanol–water partition coefficient (Wildman–Crippen LogP) is 2.94. The summed E-state index contributed by atoms with van der Waals surface area (Å²) in [6, 6.07) is 12.1. The zero-order chi connectivity index (χ0) is 19.0. The Labute approximate surface area is 151 Å². The normalized spacial score (nSPS) is 10.8. The highest BCUT2D eigenvalue weighted by Crippen LogP contribution is 2.35. The highest BCUT2D eigenvalue weighted by Gasteiger charge is 2.13. The van der Waals surface area contributed by atoms with Gasteiger partial charge in [-0.2, -0.15) is 0 Å². The van der Waals surface area contributed by atoms with Crippen LogP contribution >= 0.6 is 0 Å². The number of benzene rings is 2. The lowest BCUT2D eigenvalue weighted by Crippen LogP contribution is -2.14. The second-order valence-electron chi connectivity index (χ2n) is 5.65. The second kappa shape index (κ2) is 6.30. The molecule has 9 nitrogen and oxygen atoms in total. The van der Waals surface area contributed by atoms with Crippen molar-refractivity contribution in [2.45, 2.75) is 0 Å². The van der Waals surface area contributed by atoms with Crippen molar-refractivity contribution in [2.75, 3.05) is 11.1 Å². The third-order valence-corrected chi connectivity index (χ3v) is 3.93. The van der Waals surface area contributed by atoms with Crippen LogP contribution in [0.3, 0.4) is 0 Å². The van der Waals surface area contributed by atoms with E-state index in [2.05, 4.69) is 20.3 Å². The minimum Gasteiger partial charge on any atom is -0.465 e. The molecule has 0 saturated carbocycles. The maximum atomic E-state index is 11.6. The van der Waals surface area contributed by atoms with Gasteiger partial charge in [-0.25, -0.2) is 14.8 Å². The zero-order valence-electron chi connectivity index (χ0n) is 13.8. The van der Waals surface area contributed by atoms with Gasteiger partial charge in [0.15, 0.2) is 22.7 Å². The number of nitrogen functional groups attached to an aromatic ring is 1. The molecular formula is C18H13N5O4. The first kappa shape index (κ1) is 16.3. The molecule has 0 bridgehead atoms. The first-order valence-electron chi connectivity index (χ1n) is 7.87. The Hall–Kier alpha value is -4.14. The smallest absolute Gasteiger partial charge is 0.409 e. The summed E-state index contributed by atoms with van der Waals surface area (Å²) < 4.78 is 6.00. The first-order chi connectivity index (χ1) is 13.0. The van der Waals surface area contributed by atoms with Crippen LogP contribution in [-0.2, 0) is 0 Å². The molecule has 134 valence electrons. The van der Waals surface area contributed by atoms with E-state index in [1.807, 2.05) is 12.1 Å². The highest BCUT2D eigenvalue weighted by atomic mass is 16.5. The van der Waals surface area contributed by atoms with Crippen LogP contribution in [0.15, 0.2) is 53.5 Å². The van der Waals surface area contributed by atoms with E-state index in [-0.39, 0.29) is 11.5 Å². The Balaban J connectivity index is 1.85. The van der Waals surface area contributed by atoms with Gasteiger partial charge in [0.25, 0.3) is 5.56 Å². The van der Waals surface area contributed by atoms with E-state index < -0.39 is 11.7 Å². The Morgan fingerprint density at radius 1 is 1.11 bits per heavy atom. The molecule has 0 atom stereocenters. The molecule has 0 aliphatic carbocycles. The number of pyridine rings is 1. The van der Waals surface area contributed by atoms with E-state index in [1.54, 1.807) is 30.3 Å². The van der Waals surface area contributed by atoms with Crippen LogP contribution in [0.2, 0.25) is 0 Å². The minimum atomic E-state index is -1.16. The number of H-pyrrole nitrogens is 1. The number of nitrogens with two attached hydrogens (primary N) is 1. The maximum absolute atomic E-state index is 11.6. The topological polar surface area (TPSA) is 143 Å². The summed E-state index contributed by atoms with van der Waals surface area (Å²) >= 11 is 0. The lowest BCUT2D eigenvalue weighted by molar-refractivity contribution is 0.210. The number of carboxylic acid groups (broad SMARTS) is 1. The van der Waals surface area contributed by atoms with Gasteiger partial charge in [-0.3, -0.25) is 10.1 Å². The average molecular weight is 363 g/mol. The van der Waals surface area contributed by atoms with Crippen molar-refractivity contribution in [1.29, 1.82) is 0 Å². The molecule has 2 heterocycles. The molecule has 4 aromatic rings. The summed E-state index contributed by atoms with van der Waals surface area (Å²) in [6.45, 7) is 0. The number of amides is 1. The predicted molar refractivity (Wildman–Crippen MR) is 100 cm³/mol.